The van der Waals surface area contributed by atoms with Gasteiger partial charge >= 0.3 is 5.97 Å². The number of nitrogens with zero attached hydrogens (tertiary/aromatic N) is 3. The van der Waals surface area contributed by atoms with Gasteiger partial charge in [-0.25, -0.2) is 4.98 Å². The minimum atomic E-state index is -0.777. The lowest BCUT2D eigenvalue weighted by Gasteiger charge is -2.23. The average Bonchev–Trinajstić information content (AvgIpc) is 3.20. The van der Waals surface area contributed by atoms with Crippen molar-refractivity contribution in [3.63, 3.8) is 0 Å². The maximum atomic E-state index is 11.6. The first-order valence-electron chi connectivity index (χ1n) is 9.35. The molecule has 24 heavy (non-hydrogen) atoms. The van der Waals surface area contributed by atoms with Crippen molar-refractivity contribution in [1.29, 1.82) is 0 Å². The Bertz CT molecular complexity index is 539. The molecule has 2 aliphatic rings. The van der Waals surface area contributed by atoms with Gasteiger partial charge in [-0.1, -0.05) is 32.1 Å². The number of carboxylic acid groups (broad SMARTS) is 1. The molecule has 2 fully saturated rings. The summed E-state index contributed by atoms with van der Waals surface area (Å²) in [6, 6.07) is -0.417. The molecule has 6 heteroatoms. The molecule has 1 aromatic heterocycles. The van der Waals surface area contributed by atoms with Crippen LogP contribution in [0.25, 0.3) is 0 Å². The van der Waals surface area contributed by atoms with Crippen LogP contribution in [0, 0.1) is 5.92 Å². The van der Waals surface area contributed by atoms with Crippen LogP contribution in [0.2, 0.25) is 0 Å². The van der Waals surface area contributed by atoms with Gasteiger partial charge < -0.3 is 15.4 Å². The number of imidazole rings is 1. The molecule has 0 unspecified atom stereocenters. The molecule has 1 aliphatic carbocycles. The molecule has 1 aromatic rings. The van der Waals surface area contributed by atoms with E-state index < -0.39 is 12.0 Å². The van der Waals surface area contributed by atoms with E-state index in [9.17, 15) is 9.90 Å². The minimum absolute atomic E-state index is 0.0971. The fourth-order valence-electron chi connectivity index (χ4n) is 4.11. The lowest BCUT2D eigenvalue weighted by molar-refractivity contribution is -0.142. The Morgan fingerprint density at radius 2 is 2.12 bits per heavy atom. The highest BCUT2D eigenvalue weighted by atomic mass is 16.4. The van der Waals surface area contributed by atoms with Gasteiger partial charge in [0.1, 0.15) is 6.04 Å². The van der Waals surface area contributed by atoms with Crippen LogP contribution in [0.15, 0.2) is 12.5 Å². The van der Waals surface area contributed by atoms with E-state index in [0.29, 0.717) is 13.0 Å². The van der Waals surface area contributed by atoms with Crippen molar-refractivity contribution in [2.45, 2.75) is 70.0 Å². The van der Waals surface area contributed by atoms with Gasteiger partial charge in [-0.3, -0.25) is 9.69 Å². The Morgan fingerprint density at radius 1 is 1.33 bits per heavy atom. The molecule has 6 nitrogen and oxygen atoms in total. The molecule has 134 valence electrons. The van der Waals surface area contributed by atoms with Crippen LogP contribution >= 0.6 is 0 Å². The Labute approximate surface area is 144 Å². The van der Waals surface area contributed by atoms with Gasteiger partial charge in [0.2, 0.25) is 0 Å². The number of nitrogens with two attached hydrogens (primary N) is 1. The zero-order valence-corrected chi connectivity index (χ0v) is 14.4. The quantitative estimate of drug-likeness (QED) is 0.795. The molecule has 3 rings (SSSR count). The Morgan fingerprint density at radius 3 is 2.79 bits per heavy atom. The smallest absolute Gasteiger partial charge is 0.321 e. The number of likely N-dealkylation sites (tertiary alicyclic amines) is 1. The summed E-state index contributed by atoms with van der Waals surface area (Å²) in [4.78, 5) is 18.0. The first kappa shape index (κ1) is 17.4. The number of aromatic nitrogens is 2. The summed E-state index contributed by atoms with van der Waals surface area (Å²) < 4.78 is 2.12. The van der Waals surface area contributed by atoms with Crippen molar-refractivity contribution in [2.24, 2.45) is 11.7 Å². The Hall–Kier alpha value is -1.40. The van der Waals surface area contributed by atoms with Gasteiger partial charge in [-0.15, -0.1) is 0 Å². The van der Waals surface area contributed by atoms with Gasteiger partial charge in [0.05, 0.1) is 12.0 Å². The third-order valence-electron chi connectivity index (χ3n) is 5.59. The second-order valence-electron chi connectivity index (χ2n) is 7.50. The van der Waals surface area contributed by atoms with Crippen molar-refractivity contribution < 1.29 is 9.90 Å². The zero-order valence-electron chi connectivity index (χ0n) is 14.4. The molecule has 0 spiro atoms. The summed E-state index contributed by atoms with van der Waals surface area (Å²) in [6.07, 6.45) is 13.3. The molecule has 1 aliphatic heterocycles. The van der Waals surface area contributed by atoms with E-state index in [1.165, 1.54) is 38.5 Å². The van der Waals surface area contributed by atoms with Gasteiger partial charge in [-0.2, -0.15) is 0 Å². The first-order valence-corrected chi connectivity index (χ1v) is 9.35. The van der Waals surface area contributed by atoms with E-state index in [-0.39, 0.29) is 6.04 Å². The topological polar surface area (TPSA) is 84.4 Å². The molecule has 2 heterocycles. The van der Waals surface area contributed by atoms with Gasteiger partial charge in [0.15, 0.2) is 0 Å². The summed E-state index contributed by atoms with van der Waals surface area (Å²) in [5, 5.41) is 9.54. The van der Waals surface area contributed by atoms with E-state index in [2.05, 4.69) is 9.55 Å². The summed E-state index contributed by atoms with van der Waals surface area (Å²) in [7, 11) is 0. The molecule has 1 saturated heterocycles. The fraction of sp³-hybridized carbons (Fsp3) is 0.778. The number of carboxylic acids is 1. The number of aliphatic carboxylic acids is 1. The molecule has 0 bridgehead atoms. The monoisotopic (exact) mass is 334 g/mol. The highest BCUT2D eigenvalue weighted by molar-refractivity contribution is 5.73. The van der Waals surface area contributed by atoms with Gasteiger partial charge in [0, 0.05) is 38.3 Å². The molecule has 1 saturated carbocycles. The number of hydrogen-bond acceptors (Lipinski definition) is 4. The Balaban J connectivity index is 1.52. The molecular weight excluding hydrogens is 304 g/mol. The van der Waals surface area contributed by atoms with Crippen LogP contribution in [0.4, 0.5) is 0 Å². The van der Waals surface area contributed by atoms with Crippen molar-refractivity contribution in [1.82, 2.24) is 14.5 Å². The third kappa shape index (κ3) is 4.57. The fourth-order valence-corrected chi connectivity index (χ4v) is 4.11. The second kappa shape index (κ2) is 8.12. The SMILES string of the molecule is N[C@H]1CCN([C@@H](Cc2cn(CCC3CCCCC3)cn2)C(=O)O)C1. The normalized spacial score (nSPS) is 24.3. The second-order valence-corrected chi connectivity index (χ2v) is 7.50. The van der Waals surface area contributed by atoms with Crippen LogP contribution in [0.5, 0.6) is 0 Å². The van der Waals surface area contributed by atoms with E-state index in [4.69, 9.17) is 5.73 Å². The standard InChI is InChI=1S/C18H30N4O2/c19-15-7-9-22(11-15)17(18(23)24)10-16-12-21(13-20-16)8-6-14-4-2-1-3-5-14/h12-15,17H,1-11,19H2,(H,23,24)/t15-,17-/m0/s1. The minimum Gasteiger partial charge on any atom is -0.480 e. The average molecular weight is 334 g/mol. The van der Waals surface area contributed by atoms with Crippen molar-refractivity contribution >= 4 is 5.97 Å². The summed E-state index contributed by atoms with van der Waals surface area (Å²) >= 11 is 0. The van der Waals surface area contributed by atoms with Crippen molar-refractivity contribution in [3.8, 4) is 0 Å². The van der Waals surface area contributed by atoms with E-state index in [1.54, 1.807) is 0 Å². The van der Waals surface area contributed by atoms with Crippen LogP contribution in [-0.4, -0.2) is 50.7 Å². The van der Waals surface area contributed by atoms with Gasteiger partial charge in [-0.05, 0) is 18.8 Å². The predicted octanol–water partition coefficient (Wildman–Crippen LogP) is 1.88. The largest absolute Gasteiger partial charge is 0.480 e. The first-order chi connectivity index (χ1) is 11.6. The van der Waals surface area contributed by atoms with E-state index in [0.717, 1.165) is 31.1 Å². The van der Waals surface area contributed by atoms with Crippen molar-refractivity contribution in [2.75, 3.05) is 13.1 Å². The number of rotatable bonds is 7. The van der Waals surface area contributed by atoms with Crippen molar-refractivity contribution in [3.05, 3.63) is 18.2 Å². The zero-order chi connectivity index (χ0) is 16.9. The summed E-state index contributed by atoms with van der Waals surface area (Å²) in [6.45, 7) is 2.42. The molecule has 2 atom stereocenters. The highest BCUT2D eigenvalue weighted by Crippen LogP contribution is 2.26. The molecule has 0 amide bonds. The molecule has 0 radical (unpaired) electrons. The van der Waals surface area contributed by atoms with Crippen LogP contribution in [0.3, 0.4) is 0 Å². The highest BCUT2D eigenvalue weighted by Gasteiger charge is 2.31. The maximum absolute atomic E-state index is 11.6. The van der Waals surface area contributed by atoms with Gasteiger partial charge in [0.25, 0.3) is 0 Å². The number of carbonyl (C=O) groups is 1. The van der Waals surface area contributed by atoms with Crippen LogP contribution < -0.4 is 5.73 Å². The summed E-state index contributed by atoms with van der Waals surface area (Å²) in [5.74, 6) is 0.0725. The predicted molar refractivity (Wildman–Crippen MR) is 92.7 cm³/mol. The van der Waals surface area contributed by atoms with E-state index >= 15 is 0 Å². The lowest BCUT2D eigenvalue weighted by atomic mass is 9.87. The van der Waals surface area contributed by atoms with Crippen LogP contribution in [0.1, 0.15) is 50.6 Å². The molecule has 3 N–H and O–H groups in total. The summed E-state index contributed by atoms with van der Waals surface area (Å²) in [5.41, 5.74) is 6.78. The molecule has 0 aromatic carbocycles. The Kier molecular flexibility index (Phi) is 5.89. The number of aryl methyl sites for hydroxylation is 1. The van der Waals surface area contributed by atoms with Crippen LogP contribution in [-0.2, 0) is 17.8 Å². The lowest BCUT2D eigenvalue weighted by Crippen LogP contribution is -2.42. The van der Waals surface area contributed by atoms with E-state index in [1.807, 2.05) is 17.4 Å². The maximum Gasteiger partial charge on any atom is 0.321 e. The number of hydrogen-bond donors (Lipinski definition) is 2. The third-order valence-corrected chi connectivity index (χ3v) is 5.59. The molecular formula is C18H30N4O2.